The summed E-state index contributed by atoms with van der Waals surface area (Å²) in [5.41, 5.74) is 0.939. The van der Waals surface area contributed by atoms with Gasteiger partial charge < -0.3 is 10.6 Å². The van der Waals surface area contributed by atoms with E-state index < -0.39 is 23.4 Å². The number of imide groups is 1. The maximum absolute atomic E-state index is 13.3. The highest BCUT2D eigenvalue weighted by atomic mass is 35.5. The van der Waals surface area contributed by atoms with Gasteiger partial charge in [-0.1, -0.05) is 61.8 Å². The number of hydrogen-bond donors (Lipinski definition) is 2. The Morgan fingerprint density at radius 2 is 1.86 bits per heavy atom. The van der Waals surface area contributed by atoms with E-state index in [0.29, 0.717) is 22.7 Å². The minimum Gasteiger partial charge on any atom is -0.324 e. The lowest BCUT2D eigenvalue weighted by Gasteiger charge is -2.29. The van der Waals surface area contributed by atoms with Crippen LogP contribution in [0.15, 0.2) is 48.5 Å². The largest absolute Gasteiger partial charge is 0.325 e. The van der Waals surface area contributed by atoms with Crippen LogP contribution in [0.3, 0.4) is 0 Å². The highest BCUT2D eigenvalue weighted by molar-refractivity contribution is 6.31. The van der Waals surface area contributed by atoms with Crippen molar-refractivity contribution < 1.29 is 14.4 Å². The molecule has 0 aliphatic carbocycles. The van der Waals surface area contributed by atoms with Gasteiger partial charge in [-0.2, -0.15) is 0 Å². The predicted octanol–water partition coefficient (Wildman–Crippen LogP) is 4.08. The number of halogens is 1. The fourth-order valence-corrected chi connectivity index (χ4v) is 3.75. The molecule has 2 N–H and O–H groups in total. The van der Waals surface area contributed by atoms with Crippen LogP contribution in [0.4, 0.5) is 10.5 Å². The van der Waals surface area contributed by atoms with Crippen molar-refractivity contribution >= 4 is 35.1 Å². The van der Waals surface area contributed by atoms with Gasteiger partial charge in [0.1, 0.15) is 12.1 Å². The molecule has 1 atom stereocenters. The summed E-state index contributed by atoms with van der Waals surface area (Å²) in [6.07, 6.45) is 0.438. The molecule has 1 aliphatic rings. The normalized spacial score (nSPS) is 18.9. The topological polar surface area (TPSA) is 78.5 Å². The number of benzene rings is 2. The molecule has 1 saturated heterocycles. The highest BCUT2D eigenvalue weighted by Gasteiger charge is 2.52. The summed E-state index contributed by atoms with van der Waals surface area (Å²) in [4.78, 5) is 39.4. The molecule has 0 bridgehead atoms. The number of anilines is 1. The van der Waals surface area contributed by atoms with Crippen molar-refractivity contribution in [2.75, 3.05) is 11.9 Å². The monoisotopic (exact) mass is 413 g/mol. The molecule has 6 nitrogen and oxygen atoms in total. The van der Waals surface area contributed by atoms with Gasteiger partial charge in [-0.25, -0.2) is 4.79 Å². The van der Waals surface area contributed by atoms with Gasteiger partial charge in [0.25, 0.3) is 5.91 Å². The molecule has 1 heterocycles. The number of nitrogens with zero attached hydrogens (tertiary/aromatic N) is 1. The second-order valence-electron chi connectivity index (χ2n) is 7.70. The molecule has 3 rings (SSSR count). The first-order chi connectivity index (χ1) is 13.7. The lowest BCUT2D eigenvalue weighted by molar-refractivity contribution is -0.134. The van der Waals surface area contributed by atoms with Crippen LogP contribution in [0.25, 0.3) is 0 Å². The minimum absolute atomic E-state index is 0.155. The van der Waals surface area contributed by atoms with Crippen LogP contribution >= 0.6 is 11.6 Å². The van der Waals surface area contributed by atoms with Gasteiger partial charge >= 0.3 is 6.03 Å². The molecule has 0 radical (unpaired) electrons. The standard InChI is InChI=1S/C22H24ClN3O3/c1-14(2)12-22(16-7-5-4-6-8-16)20(28)26(21(29)25-22)13-19(27)24-17-10-9-15(3)18(23)11-17/h4-11,14H,12-13H2,1-3H3,(H,24,27)(H,25,29)/t22-/m0/s1. The molecule has 2 aromatic rings. The molecular weight excluding hydrogens is 390 g/mol. The third-order valence-corrected chi connectivity index (χ3v) is 5.32. The Bertz CT molecular complexity index is 946. The van der Waals surface area contributed by atoms with Crippen LogP contribution in [0.5, 0.6) is 0 Å². The summed E-state index contributed by atoms with van der Waals surface area (Å²) in [7, 11) is 0. The number of carbonyl (C=O) groups is 3. The van der Waals surface area contributed by atoms with E-state index >= 15 is 0 Å². The van der Waals surface area contributed by atoms with Crippen LogP contribution in [0.2, 0.25) is 5.02 Å². The fraction of sp³-hybridized carbons (Fsp3) is 0.318. The van der Waals surface area contributed by atoms with Gasteiger partial charge in [0.2, 0.25) is 5.91 Å². The molecule has 1 aliphatic heterocycles. The van der Waals surface area contributed by atoms with Gasteiger partial charge in [0.05, 0.1) is 0 Å². The van der Waals surface area contributed by atoms with E-state index in [2.05, 4.69) is 10.6 Å². The van der Waals surface area contributed by atoms with Crippen LogP contribution in [0.1, 0.15) is 31.4 Å². The van der Waals surface area contributed by atoms with Crippen molar-refractivity contribution in [3.63, 3.8) is 0 Å². The quantitative estimate of drug-likeness (QED) is 0.700. The van der Waals surface area contributed by atoms with E-state index in [1.165, 1.54) is 0 Å². The molecule has 29 heavy (non-hydrogen) atoms. The van der Waals surface area contributed by atoms with Crippen molar-refractivity contribution in [3.05, 3.63) is 64.7 Å². The zero-order valence-corrected chi connectivity index (χ0v) is 17.4. The van der Waals surface area contributed by atoms with E-state index in [1.54, 1.807) is 18.2 Å². The maximum Gasteiger partial charge on any atom is 0.325 e. The molecule has 2 aromatic carbocycles. The number of aryl methyl sites for hydroxylation is 1. The Balaban J connectivity index is 1.81. The fourth-order valence-electron chi connectivity index (χ4n) is 3.57. The molecule has 0 spiro atoms. The van der Waals surface area contributed by atoms with Crippen LogP contribution < -0.4 is 10.6 Å². The maximum atomic E-state index is 13.3. The Hall–Kier alpha value is -2.86. The first-order valence-electron chi connectivity index (χ1n) is 9.48. The number of nitrogens with one attached hydrogen (secondary N) is 2. The van der Waals surface area contributed by atoms with Crippen LogP contribution in [-0.4, -0.2) is 29.3 Å². The van der Waals surface area contributed by atoms with Gasteiger partial charge in [0.15, 0.2) is 0 Å². The number of hydrogen-bond acceptors (Lipinski definition) is 3. The molecule has 0 saturated carbocycles. The van der Waals surface area contributed by atoms with E-state index in [-0.39, 0.29) is 12.5 Å². The summed E-state index contributed by atoms with van der Waals surface area (Å²) in [6.45, 7) is 5.46. The van der Waals surface area contributed by atoms with Crippen molar-refractivity contribution in [2.45, 2.75) is 32.7 Å². The molecule has 1 fully saturated rings. The Morgan fingerprint density at radius 1 is 1.17 bits per heavy atom. The van der Waals surface area contributed by atoms with Crippen molar-refractivity contribution in [3.8, 4) is 0 Å². The van der Waals surface area contributed by atoms with Gasteiger partial charge in [-0.3, -0.25) is 14.5 Å². The predicted molar refractivity (Wildman–Crippen MR) is 113 cm³/mol. The average molecular weight is 414 g/mol. The number of amides is 4. The molecule has 0 aromatic heterocycles. The first-order valence-corrected chi connectivity index (χ1v) is 9.86. The van der Waals surface area contributed by atoms with Gasteiger partial charge in [-0.15, -0.1) is 0 Å². The molecule has 4 amide bonds. The summed E-state index contributed by atoms with van der Waals surface area (Å²) >= 11 is 6.09. The molecular formula is C22H24ClN3O3. The summed E-state index contributed by atoms with van der Waals surface area (Å²) in [5.74, 6) is -0.732. The third-order valence-electron chi connectivity index (χ3n) is 4.91. The Kier molecular flexibility index (Phi) is 5.94. The summed E-state index contributed by atoms with van der Waals surface area (Å²) in [5, 5.41) is 6.05. The van der Waals surface area contributed by atoms with Gasteiger partial charge in [0, 0.05) is 10.7 Å². The lowest BCUT2D eigenvalue weighted by atomic mass is 9.82. The lowest BCUT2D eigenvalue weighted by Crippen LogP contribution is -2.45. The van der Waals surface area contributed by atoms with E-state index in [4.69, 9.17) is 11.6 Å². The minimum atomic E-state index is -1.17. The second-order valence-corrected chi connectivity index (χ2v) is 8.11. The summed E-state index contributed by atoms with van der Waals surface area (Å²) < 4.78 is 0. The second kappa shape index (κ2) is 8.25. The van der Waals surface area contributed by atoms with Crippen LogP contribution in [0, 0.1) is 12.8 Å². The molecule has 152 valence electrons. The number of urea groups is 1. The van der Waals surface area contributed by atoms with E-state index in [9.17, 15) is 14.4 Å². The van der Waals surface area contributed by atoms with Crippen molar-refractivity contribution in [2.24, 2.45) is 5.92 Å². The SMILES string of the molecule is Cc1ccc(NC(=O)CN2C(=O)N[C@@](CC(C)C)(c3ccccc3)C2=O)cc1Cl. The van der Waals surface area contributed by atoms with Gasteiger partial charge in [-0.05, 0) is 42.5 Å². The average Bonchev–Trinajstić information content (AvgIpc) is 2.90. The zero-order chi connectivity index (χ0) is 21.2. The zero-order valence-electron chi connectivity index (χ0n) is 16.7. The first kappa shape index (κ1) is 20.9. The summed E-state index contributed by atoms with van der Waals surface area (Å²) in [6, 6.07) is 13.7. The van der Waals surface area contributed by atoms with Crippen molar-refractivity contribution in [1.82, 2.24) is 10.2 Å². The molecule has 0 unspecified atom stereocenters. The van der Waals surface area contributed by atoms with E-state index in [1.807, 2.05) is 51.1 Å². The van der Waals surface area contributed by atoms with Crippen LogP contribution in [-0.2, 0) is 15.1 Å². The number of rotatable bonds is 6. The third kappa shape index (κ3) is 4.27. The Labute approximate surface area is 175 Å². The smallest absolute Gasteiger partial charge is 0.324 e. The van der Waals surface area contributed by atoms with E-state index in [0.717, 1.165) is 10.5 Å². The van der Waals surface area contributed by atoms with Crippen molar-refractivity contribution in [1.29, 1.82) is 0 Å². The number of carbonyl (C=O) groups excluding carboxylic acids is 3. The Morgan fingerprint density at radius 3 is 2.48 bits per heavy atom. The molecule has 7 heteroatoms. The highest BCUT2D eigenvalue weighted by Crippen LogP contribution is 2.35.